The van der Waals surface area contributed by atoms with Gasteiger partial charge in [-0.15, -0.1) is 4.40 Å². The molecule has 0 bridgehead atoms. The molecule has 1 atom stereocenters. The average molecular weight is 420 g/mol. The second kappa shape index (κ2) is 7.93. The van der Waals surface area contributed by atoms with Crippen molar-refractivity contribution in [1.29, 1.82) is 5.26 Å². The number of hydrogen-bond donors (Lipinski definition) is 1. The summed E-state index contributed by atoms with van der Waals surface area (Å²) in [6.45, 7) is 0. The molecule has 1 aromatic heterocycles. The van der Waals surface area contributed by atoms with Gasteiger partial charge in [-0.2, -0.15) is 13.7 Å². The van der Waals surface area contributed by atoms with Crippen LogP contribution in [0.1, 0.15) is 35.8 Å². The van der Waals surface area contributed by atoms with Crippen LogP contribution in [-0.4, -0.2) is 25.0 Å². The number of sulfonamides is 1. The first-order chi connectivity index (χ1) is 14.5. The smallest absolute Gasteiger partial charge is 0.286 e. The third-order valence-electron chi connectivity index (χ3n) is 4.72. The number of oxazole rings is 1. The quantitative estimate of drug-likeness (QED) is 0.649. The van der Waals surface area contributed by atoms with Gasteiger partial charge in [-0.3, -0.25) is 4.79 Å². The Labute approximate surface area is 173 Å². The van der Waals surface area contributed by atoms with E-state index < -0.39 is 15.8 Å². The molecule has 2 aromatic carbocycles. The van der Waals surface area contributed by atoms with Crippen LogP contribution in [0.25, 0.3) is 0 Å². The van der Waals surface area contributed by atoms with Gasteiger partial charge >= 0.3 is 0 Å². The zero-order valence-electron chi connectivity index (χ0n) is 15.6. The number of anilines is 1. The van der Waals surface area contributed by atoms with E-state index in [9.17, 15) is 13.2 Å². The van der Waals surface area contributed by atoms with Crippen molar-refractivity contribution >= 4 is 27.3 Å². The number of carbonyl (C=O) groups excluding carboxylic acids is 1. The van der Waals surface area contributed by atoms with E-state index in [0.29, 0.717) is 23.6 Å². The molecule has 0 saturated carbocycles. The predicted molar refractivity (Wildman–Crippen MR) is 108 cm³/mol. The molecule has 1 aliphatic rings. The molecule has 2 heterocycles. The zero-order chi connectivity index (χ0) is 21.1. The van der Waals surface area contributed by atoms with E-state index >= 15 is 0 Å². The minimum atomic E-state index is -3.94. The van der Waals surface area contributed by atoms with Gasteiger partial charge < -0.3 is 9.73 Å². The van der Waals surface area contributed by atoms with E-state index in [1.54, 1.807) is 36.4 Å². The molecule has 0 aliphatic carbocycles. The van der Waals surface area contributed by atoms with Crippen molar-refractivity contribution in [2.75, 3.05) is 5.32 Å². The number of rotatable bonds is 6. The zero-order valence-corrected chi connectivity index (χ0v) is 16.5. The van der Waals surface area contributed by atoms with Gasteiger partial charge in [-0.25, -0.2) is 4.98 Å². The Hall–Kier alpha value is -3.77. The second-order valence-electron chi connectivity index (χ2n) is 6.66. The Morgan fingerprint density at radius 1 is 1.20 bits per heavy atom. The number of hydrogen-bond acceptors (Lipinski definition) is 7. The van der Waals surface area contributed by atoms with Gasteiger partial charge in [-0.05, 0) is 36.2 Å². The van der Waals surface area contributed by atoms with Gasteiger partial charge in [0, 0.05) is 6.42 Å². The van der Waals surface area contributed by atoms with Crippen LogP contribution >= 0.6 is 0 Å². The molecule has 1 aliphatic heterocycles. The molecule has 0 amide bonds. The third kappa shape index (κ3) is 3.86. The number of nitrogens with one attached hydrogen (secondary N) is 1. The number of carbonyl (C=O) groups is 1. The summed E-state index contributed by atoms with van der Waals surface area (Å²) in [5.41, 5.74) is 1.58. The molecule has 1 N–H and O–H groups in total. The number of fused-ring (bicyclic) bond motifs is 1. The van der Waals surface area contributed by atoms with Crippen LogP contribution in [0.5, 0.6) is 0 Å². The van der Waals surface area contributed by atoms with E-state index in [1.807, 2.05) is 6.07 Å². The molecule has 3 aromatic rings. The van der Waals surface area contributed by atoms with Crippen molar-refractivity contribution in [3.63, 3.8) is 0 Å². The summed E-state index contributed by atoms with van der Waals surface area (Å²) in [6, 6.07) is 15.4. The lowest BCUT2D eigenvalue weighted by Crippen LogP contribution is -2.29. The van der Waals surface area contributed by atoms with Crippen molar-refractivity contribution < 1.29 is 17.6 Å². The molecule has 0 saturated heterocycles. The number of aromatic nitrogens is 1. The predicted octanol–water partition coefficient (Wildman–Crippen LogP) is 3.24. The maximum Gasteiger partial charge on any atom is 0.286 e. The largest absolute Gasteiger partial charge is 0.448 e. The fourth-order valence-corrected chi connectivity index (χ4v) is 4.43. The Morgan fingerprint density at radius 3 is 2.80 bits per heavy atom. The first-order valence-electron chi connectivity index (χ1n) is 9.11. The third-order valence-corrected chi connectivity index (χ3v) is 6.06. The van der Waals surface area contributed by atoms with E-state index in [1.165, 1.54) is 18.5 Å². The number of benzene rings is 2. The van der Waals surface area contributed by atoms with Gasteiger partial charge in [0.05, 0.1) is 29.4 Å². The minimum absolute atomic E-state index is 0.00729. The molecule has 8 nitrogen and oxygen atoms in total. The van der Waals surface area contributed by atoms with Crippen LogP contribution in [0, 0.1) is 11.3 Å². The highest BCUT2D eigenvalue weighted by atomic mass is 32.2. The molecular formula is C21H16N4O4S. The lowest BCUT2D eigenvalue weighted by atomic mass is 9.92. The molecular weight excluding hydrogens is 404 g/mol. The summed E-state index contributed by atoms with van der Waals surface area (Å²) >= 11 is 0. The Bertz CT molecular complexity index is 1270. The normalized spacial score (nSPS) is 15.2. The van der Waals surface area contributed by atoms with Crippen molar-refractivity contribution in [1.82, 2.24) is 4.98 Å². The summed E-state index contributed by atoms with van der Waals surface area (Å²) < 4.78 is 33.8. The van der Waals surface area contributed by atoms with Crippen LogP contribution < -0.4 is 5.32 Å². The highest BCUT2D eigenvalue weighted by molar-refractivity contribution is 7.90. The van der Waals surface area contributed by atoms with Gasteiger partial charge in [0.1, 0.15) is 11.2 Å². The molecule has 0 fully saturated rings. The van der Waals surface area contributed by atoms with Crippen LogP contribution in [0.4, 0.5) is 5.69 Å². The van der Waals surface area contributed by atoms with Crippen molar-refractivity contribution in [2.45, 2.75) is 23.7 Å². The highest BCUT2D eigenvalue weighted by Crippen LogP contribution is 2.30. The van der Waals surface area contributed by atoms with E-state index in [2.05, 4.69) is 20.8 Å². The first kappa shape index (κ1) is 19.5. The van der Waals surface area contributed by atoms with Crippen LogP contribution in [0.15, 0.2) is 74.7 Å². The van der Waals surface area contributed by atoms with Crippen LogP contribution in [0.3, 0.4) is 0 Å². The summed E-state index contributed by atoms with van der Waals surface area (Å²) in [5, 5.41) is 12.0. The molecule has 0 spiro atoms. The van der Waals surface area contributed by atoms with E-state index in [4.69, 9.17) is 9.68 Å². The number of nitriles is 1. The fraction of sp³-hybridized carbons (Fsp3) is 0.143. The van der Waals surface area contributed by atoms with Crippen LogP contribution in [-0.2, 0) is 14.8 Å². The van der Waals surface area contributed by atoms with Gasteiger partial charge in [-0.1, -0.05) is 24.3 Å². The van der Waals surface area contributed by atoms with Crippen molar-refractivity contribution in [3.05, 3.63) is 78.0 Å². The minimum Gasteiger partial charge on any atom is -0.448 e. The number of para-hydroxylation sites is 1. The second-order valence-corrected chi connectivity index (χ2v) is 8.23. The standard InChI is InChI=1S/C21H16N4O4S/c22-13-14-4-3-5-15(12-14)16(21-23-10-11-29-21)8-9-18(26)20-24-17-6-1-2-7-19(17)30(27,28)25-20/h1-7,10-12,16H,8-9H2,(H,24,25). The summed E-state index contributed by atoms with van der Waals surface area (Å²) in [5.74, 6) is -0.619. The van der Waals surface area contributed by atoms with Crippen LogP contribution in [0.2, 0.25) is 0 Å². The van der Waals surface area contributed by atoms with Gasteiger partial charge in [0.25, 0.3) is 10.0 Å². The topological polar surface area (TPSA) is 125 Å². The Morgan fingerprint density at radius 2 is 2.03 bits per heavy atom. The SMILES string of the molecule is N#Cc1cccc(C(CCC(=O)C2=NS(=O)(=O)c3ccccc3N2)c2ncco2)c1. The van der Waals surface area contributed by atoms with Crippen molar-refractivity contribution in [3.8, 4) is 6.07 Å². The number of nitrogens with zero attached hydrogens (tertiary/aromatic N) is 3. The molecule has 30 heavy (non-hydrogen) atoms. The number of Topliss-reactive ketones (excluding diaryl/α,β-unsaturated/α-hetero) is 1. The summed E-state index contributed by atoms with van der Waals surface area (Å²) in [4.78, 5) is 17.0. The average Bonchev–Trinajstić information content (AvgIpc) is 3.28. The molecule has 0 radical (unpaired) electrons. The maximum atomic E-state index is 12.8. The van der Waals surface area contributed by atoms with E-state index in [-0.39, 0.29) is 23.1 Å². The fourth-order valence-electron chi connectivity index (χ4n) is 3.29. The lowest BCUT2D eigenvalue weighted by Gasteiger charge is -2.18. The lowest BCUT2D eigenvalue weighted by molar-refractivity contribution is -0.113. The monoisotopic (exact) mass is 420 g/mol. The van der Waals surface area contributed by atoms with Crippen molar-refractivity contribution in [2.24, 2.45) is 4.40 Å². The Balaban J connectivity index is 1.57. The first-order valence-corrected chi connectivity index (χ1v) is 10.6. The van der Waals surface area contributed by atoms with Gasteiger partial charge in [0.2, 0.25) is 5.89 Å². The van der Waals surface area contributed by atoms with E-state index in [0.717, 1.165) is 5.56 Å². The molecule has 4 rings (SSSR count). The highest BCUT2D eigenvalue weighted by Gasteiger charge is 2.28. The Kier molecular flexibility index (Phi) is 5.16. The summed E-state index contributed by atoms with van der Waals surface area (Å²) in [6.07, 6.45) is 3.26. The number of ketones is 1. The molecule has 150 valence electrons. The van der Waals surface area contributed by atoms with Gasteiger partial charge in [0.15, 0.2) is 11.6 Å². The number of amidine groups is 1. The maximum absolute atomic E-state index is 12.8. The molecule has 9 heteroatoms. The summed E-state index contributed by atoms with van der Waals surface area (Å²) in [7, 11) is -3.94. The molecule has 1 unspecified atom stereocenters.